The van der Waals surface area contributed by atoms with Gasteiger partial charge in [0, 0.05) is 31.8 Å². The van der Waals surface area contributed by atoms with Gasteiger partial charge in [0.15, 0.2) is 5.82 Å². The van der Waals surface area contributed by atoms with Crippen molar-refractivity contribution in [1.82, 2.24) is 20.2 Å². The van der Waals surface area contributed by atoms with Gasteiger partial charge in [-0.15, -0.1) is 0 Å². The van der Waals surface area contributed by atoms with Crippen molar-refractivity contribution in [2.45, 2.75) is 24.9 Å². The van der Waals surface area contributed by atoms with E-state index in [2.05, 4.69) is 38.6 Å². The lowest BCUT2D eigenvalue weighted by Gasteiger charge is -2.44. The molecule has 2 aromatic rings. The molecule has 1 fully saturated rings. The van der Waals surface area contributed by atoms with Crippen LogP contribution in [-0.4, -0.2) is 66.7 Å². The molecule has 0 unspecified atom stereocenters. The van der Waals surface area contributed by atoms with Crippen LogP contribution in [0.5, 0.6) is 6.01 Å². The Hall–Kier alpha value is -2.42. The Kier molecular flexibility index (Phi) is 6.36. The Morgan fingerprint density at radius 1 is 1.27 bits per heavy atom. The largest absolute Gasteiger partial charge is 0.461 e. The number of fused-ring (bicyclic) bond motifs is 1. The van der Waals surface area contributed by atoms with E-state index in [4.69, 9.17) is 26.1 Å². The van der Waals surface area contributed by atoms with Crippen molar-refractivity contribution in [2.24, 2.45) is 4.99 Å². The third-order valence-corrected chi connectivity index (χ3v) is 5.73. The summed E-state index contributed by atoms with van der Waals surface area (Å²) >= 11 is 6.15. The quantitative estimate of drug-likeness (QED) is 0.681. The van der Waals surface area contributed by atoms with Crippen LogP contribution in [0.15, 0.2) is 35.5 Å². The van der Waals surface area contributed by atoms with Crippen LogP contribution in [0.2, 0.25) is 5.02 Å². The summed E-state index contributed by atoms with van der Waals surface area (Å²) in [6.07, 6.45) is 3.63. The smallest absolute Gasteiger partial charge is 0.318 e. The molecule has 0 aliphatic carbocycles. The number of benzene rings is 1. The van der Waals surface area contributed by atoms with Gasteiger partial charge in [-0.25, -0.2) is 9.98 Å². The van der Waals surface area contributed by atoms with Crippen molar-refractivity contribution in [3.05, 3.63) is 41.0 Å². The second-order valence-corrected chi connectivity index (χ2v) is 8.12. The van der Waals surface area contributed by atoms with Gasteiger partial charge in [0.05, 0.1) is 24.0 Å². The minimum atomic E-state index is -0.264. The number of halogens is 1. The Morgan fingerprint density at radius 3 is 2.87 bits per heavy atom. The molecule has 1 spiro atoms. The molecule has 2 aliphatic rings. The Balaban J connectivity index is 1.59. The number of nitrogens with zero attached hydrogens (tertiary/aromatic N) is 4. The molecule has 0 bridgehead atoms. The highest BCUT2D eigenvalue weighted by atomic mass is 35.5. The maximum atomic E-state index is 6.15. The zero-order valence-electron chi connectivity index (χ0n) is 17.3. The average molecular weight is 431 g/mol. The number of aromatic nitrogens is 2. The van der Waals surface area contributed by atoms with Gasteiger partial charge in [-0.2, -0.15) is 4.98 Å². The normalized spacial score (nSPS) is 17.8. The van der Waals surface area contributed by atoms with Gasteiger partial charge >= 0.3 is 6.01 Å². The SMILES string of the molecule is COCCOc1ncc2c(n1)N=C(NCc1cccc(Cl)c1)C1(CCN(C)CC1)N2. The number of amidine groups is 1. The number of aliphatic imine (C=N–C) groups is 1. The van der Waals surface area contributed by atoms with Crippen molar-refractivity contribution in [3.8, 4) is 6.01 Å². The molecule has 160 valence electrons. The third-order valence-electron chi connectivity index (χ3n) is 5.50. The van der Waals surface area contributed by atoms with Gasteiger partial charge in [0.1, 0.15) is 12.4 Å². The van der Waals surface area contributed by atoms with Crippen LogP contribution in [0, 0.1) is 0 Å². The van der Waals surface area contributed by atoms with Crippen molar-refractivity contribution >= 4 is 28.9 Å². The van der Waals surface area contributed by atoms with Crippen molar-refractivity contribution in [3.63, 3.8) is 0 Å². The van der Waals surface area contributed by atoms with Gasteiger partial charge in [-0.3, -0.25) is 0 Å². The molecule has 4 rings (SSSR count). The summed E-state index contributed by atoms with van der Waals surface area (Å²) in [4.78, 5) is 16.0. The van der Waals surface area contributed by atoms with Crippen molar-refractivity contribution in [1.29, 1.82) is 0 Å². The topological polar surface area (TPSA) is 83.9 Å². The summed E-state index contributed by atoms with van der Waals surface area (Å²) in [5.41, 5.74) is 1.66. The molecule has 0 saturated carbocycles. The number of anilines is 1. The first kappa shape index (κ1) is 20.8. The Bertz CT molecular complexity index is 914. The molecule has 0 atom stereocenters. The molecule has 30 heavy (non-hydrogen) atoms. The number of hydrogen-bond acceptors (Lipinski definition) is 8. The minimum Gasteiger partial charge on any atom is -0.461 e. The molecule has 1 aromatic carbocycles. The summed E-state index contributed by atoms with van der Waals surface area (Å²) in [6, 6.07) is 8.14. The van der Waals surface area contributed by atoms with Crippen LogP contribution >= 0.6 is 11.6 Å². The summed E-state index contributed by atoms with van der Waals surface area (Å²) in [6.45, 7) is 3.47. The molecule has 1 saturated heterocycles. The van der Waals surface area contributed by atoms with E-state index >= 15 is 0 Å². The molecular formula is C21H27ClN6O2. The maximum Gasteiger partial charge on any atom is 0.318 e. The van der Waals surface area contributed by atoms with Gasteiger partial charge in [0.25, 0.3) is 0 Å². The van der Waals surface area contributed by atoms with Gasteiger partial charge in [-0.05, 0) is 37.6 Å². The molecule has 2 N–H and O–H groups in total. The Labute approximate surface area is 181 Å². The highest BCUT2D eigenvalue weighted by Gasteiger charge is 2.42. The standard InChI is InChI=1S/C21H27ClN6O2/c1-28-8-6-21(7-9-28)19(23-13-15-4-3-5-16(22)12-15)25-18-17(27-21)14-24-20(26-18)30-11-10-29-2/h3-5,12,14,27H,6-11,13H2,1-2H3,(H,23,24,25,26). The predicted octanol–water partition coefficient (Wildman–Crippen LogP) is 2.86. The number of hydrogen-bond donors (Lipinski definition) is 2. The first-order valence-electron chi connectivity index (χ1n) is 10.1. The summed E-state index contributed by atoms with van der Waals surface area (Å²) in [5.74, 6) is 1.47. The van der Waals surface area contributed by atoms with Crippen LogP contribution in [0.1, 0.15) is 18.4 Å². The van der Waals surface area contributed by atoms with Crippen LogP contribution in [0.25, 0.3) is 0 Å². The summed E-state index contributed by atoms with van der Waals surface area (Å²) < 4.78 is 10.6. The average Bonchev–Trinajstić information content (AvgIpc) is 2.75. The number of nitrogens with one attached hydrogen (secondary N) is 2. The molecular weight excluding hydrogens is 404 g/mol. The van der Waals surface area contributed by atoms with E-state index in [1.54, 1.807) is 13.3 Å². The molecule has 0 amide bonds. The van der Waals surface area contributed by atoms with E-state index in [1.807, 2.05) is 18.2 Å². The zero-order valence-corrected chi connectivity index (χ0v) is 18.1. The molecule has 0 radical (unpaired) electrons. The second-order valence-electron chi connectivity index (χ2n) is 7.69. The van der Waals surface area contributed by atoms with Crippen LogP contribution in [0.4, 0.5) is 11.5 Å². The fraction of sp³-hybridized carbons (Fsp3) is 0.476. The van der Waals surface area contributed by atoms with Crippen LogP contribution in [0.3, 0.4) is 0 Å². The first-order valence-corrected chi connectivity index (χ1v) is 10.5. The number of ether oxygens (including phenoxy) is 2. The van der Waals surface area contributed by atoms with E-state index in [-0.39, 0.29) is 5.54 Å². The third kappa shape index (κ3) is 4.66. The first-order chi connectivity index (χ1) is 14.6. The van der Waals surface area contributed by atoms with Crippen molar-refractivity contribution < 1.29 is 9.47 Å². The van der Waals surface area contributed by atoms with Gasteiger partial charge in [0.2, 0.25) is 0 Å². The van der Waals surface area contributed by atoms with Crippen LogP contribution in [-0.2, 0) is 11.3 Å². The molecule has 2 aliphatic heterocycles. The van der Waals surface area contributed by atoms with Crippen molar-refractivity contribution in [2.75, 3.05) is 45.8 Å². The lowest BCUT2D eigenvalue weighted by Crippen LogP contribution is -2.58. The highest BCUT2D eigenvalue weighted by Crippen LogP contribution is 2.37. The van der Waals surface area contributed by atoms with E-state index in [0.29, 0.717) is 31.6 Å². The molecule has 8 nitrogen and oxygen atoms in total. The summed E-state index contributed by atoms with van der Waals surface area (Å²) in [7, 11) is 3.77. The van der Waals surface area contributed by atoms with Crippen LogP contribution < -0.4 is 15.4 Å². The lowest BCUT2D eigenvalue weighted by molar-refractivity contribution is 0.141. The predicted molar refractivity (Wildman–Crippen MR) is 118 cm³/mol. The number of methoxy groups -OCH3 is 1. The van der Waals surface area contributed by atoms with E-state index in [1.165, 1.54) is 0 Å². The fourth-order valence-corrected chi connectivity index (χ4v) is 3.96. The van der Waals surface area contributed by atoms with E-state index < -0.39 is 0 Å². The minimum absolute atomic E-state index is 0.264. The monoisotopic (exact) mass is 430 g/mol. The van der Waals surface area contributed by atoms with E-state index in [0.717, 1.165) is 48.0 Å². The van der Waals surface area contributed by atoms with Gasteiger partial charge in [-0.1, -0.05) is 23.7 Å². The lowest BCUT2D eigenvalue weighted by atomic mass is 9.84. The number of rotatable bonds is 6. The highest BCUT2D eigenvalue weighted by molar-refractivity contribution is 6.30. The molecule has 1 aromatic heterocycles. The second kappa shape index (κ2) is 9.16. The van der Waals surface area contributed by atoms with Gasteiger partial charge < -0.3 is 25.0 Å². The summed E-state index contributed by atoms with van der Waals surface area (Å²) in [5, 5.41) is 7.94. The number of likely N-dealkylation sites (tertiary alicyclic amines) is 1. The molecule has 3 heterocycles. The molecule has 9 heteroatoms. The maximum absolute atomic E-state index is 6.15. The number of piperidine rings is 1. The van der Waals surface area contributed by atoms with E-state index in [9.17, 15) is 0 Å². The fourth-order valence-electron chi connectivity index (χ4n) is 3.75. The Morgan fingerprint density at radius 2 is 2.10 bits per heavy atom. The zero-order chi connectivity index (χ0) is 21.0.